The molecule has 2 amide bonds. The summed E-state index contributed by atoms with van der Waals surface area (Å²) in [5.41, 5.74) is -1.74. The third-order valence-corrected chi connectivity index (χ3v) is 8.19. The van der Waals surface area contributed by atoms with Gasteiger partial charge in [0.1, 0.15) is 17.2 Å². The summed E-state index contributed by atoms with van der Waals surface area (Å²) >= 11 is 11.3. The number of epoxide rings is 1. The lowest BCUT2D eigenvalue weighted by atomic mass is 9.88. The smallest absolute Gasteiger partial charge is 0.253 e. The molecular weight excluding hydrogens is 608 g/mol. The first-order valence-electron chi connectivity index (χ1n) is 12.8. The number of hydrogen-bond donors (Lipinski definition) is 1. The van der Waals surface area contributed by atoms with Gasteiger partial charge in [-0.25, -0.2) is 13.2 Å². The monoisotopic (exact) mass is 640 g/mol. The van der Waals surface area contributed by atoms with Crippen molar-refractivity contribution in [2.75, 3.05) is 26.2 Å². The lowest BCUT2D eigenvalue weighted by Gasteiger charge is -2.37. The third kappa shape index (κ3) is 7.79. The maximum absolute atomic E-state index is 14.2. The minimum atomic E-state index is -1.99. The fourth-order valence-electron chi connectivity index (χ4n) is 4.91. The van der Waals surface area contributed by atoms with Crippen molar-refractivity contribution < 1.29 is 32.6 Å². The van der Waals surface area contributed by atoms with Gasteiger partial charge in [-0.05, 0) is 49.2 Å². The lowest BCUT2D eigenvalue weighted by Crippen LogP contribution is -2.49. The predicted octanol–water partition coefficient (Wildman–Crippen LogP) is 5.96. The SMILES string of the molecule is C.C.N#CC(O)C1(F)CCN(C(=O)c2ccc(F)c(Cl)c2)CC1.N#CC1OC12CCN(C(=O)c1ccc(F)c(Cl)c1)CC2. The standard InChI is InChI=1S/C14H13ClF2N2O2.C14H12ClFN2O2.2CH4/c15-10-7-9(1-2-11(10)16)13(21)19-5-3-14(17,4-6-19)12(20)8-18;15-10-7-9(1-2-11(10)16)13(19)18-5-3-14(4-6-18)12(8-17)20-14;;/h1-2,7,12,20H,3-6H2;1-2,7,12H,3-6H2;2*1H4. The van der Waals surface area contributed by atoms with Crippen molar-refractivity contribution in [2.45, 2.75) is 64.0 Å². The minimum Gasteiger partial charge on any atom is -0.375 e. The highest BCUT2D eigenvalue weighted by molar-refractivity contribution is 6.31. The Bertz CT molecular complexity index is 1420. The Balaban J connectivity index is 0.000000287. The van der Waals surface area contributed by atoms with Gasteiger partial charge in [0, 0.05) is 50.1 Å². The Kier molecular flexibility index (Phi) is 12.0. The molecule has 5 rings (SSSR count). The van der Waals surface area contributed by atoms with Gasteiger partial charge < -0.3 is 19.6 Å². The highest BCUT2D eigenvalue weighted by atomic mass is 35.5. The molecule has 8 nitrogen and oxygen atoms in total. The van der Waals surface area contributed by atoms with Gasteiger partial charge in [0.05, 0.1) is 22.2 Å². The van der Waals surface area contributed by atoms with Gasteiger partial charge in [-0.1, -0.05) is 38.1 Å². The summed E-state index contributed by atoms with van der Waals surface area (Å²) in [6.07, 6.45) is -0.960. The number of likely N-dealkylation sites (tertiary alicyclic amines) is 2. The molecular formula is C30H33Cl2F3N4O4. The largest absolute Gasteiger partial charge is 0.375 e. The molecule has 1 spiro atoms. The van der Waals surface area contributed by atoms with Crippen LogP contribution in [0, 0.1) is 34.3 Å². The zero-order valence-electron chi connectivity index (χ0n) is 21.6. The van der Waals surface area contributed by atoms with Crippen LogP contribution in [-0.4, -0.2) is 76.4 Å². The molecule has 3 fully saturated rings. The van der Waals surface area contributed by atoms with E-state index in [0.29, 0.717) is 31.5 Å². The predicted molar refractivity (Wildman–Crippen MR) is 155 cm³/mol. The molecule has 3 saturated heterocycles. The van der Waals surface area contributed by atoms with Crippen molar-refractivity contribution >= 4 is 35.0 Å². The van der Waals surface area contributed by atoms with Crippen LogP contribution in [0.15, 0.2) is 36.4 Å². The van der Waals surface area contributed by atoms with Crippen LogP contribution in [0.5, 0.6) is 0 Å². The molecule has 2 aromatic carbocycles. The van der Waals surface area contributed by atoms with E-state index in [-0.39, 0.29) is 79.9 Å². The molecule has 13 heteroatoms. The number of carbonyl (C=O) groups excluding carboxylic acids is 2. The molecule has 0 bridgehead atoms. The van der Waals surface area contributed by atoms with Crippen molar-refractivity contribution in [3.05, 3.63) is 69.2 Å². The minimum absolute atomic E-state index is 0. The van der Waals surface area contributed by atoms with E-state index in [1.54, 1.807) is 4.90 Å². The zero-order valence-corrected chi connectivity index (χ0v) is 23.1. The molecule has 3 aliphatic heterocycles. The molecule has 0 aliphatic carbocycles. The Morgan fingerprint density at radius 1 is 0.884 bits per heavy atom. The number of aliphatic hydroxyl groups excluding tert-OH is 1. The lowest BCUT2D eigenvalue weighted by molar-refractivity contribution is -0.0201. The second-order valence-electron chi connectivity index (χ2n) is 10.1. The van der Waals surface area contributed by atoms with Crippen LogP contribution in [0.4, 0.5) is 13.2 Å². The van der Waals surface area contributed by atoms with Gasteiger partial charge in [0.2, 0.25) is 0 Å². The molecule has 2 aromatic rings. The number of benzene rings is 2. The number of nitriles is 2. The number of amides is 2. The first-order valence-corrected chi connectivity index (χ1v) is 13.5. The quantitative estimate of drug-likeness (QED) is 0.327. The van der Waals surface area contributed by atoms with Gasteiger partial charge in [-0.2, -0.15) is 10.5 Å². The molecule has 2 atom stereocenters. The average Bonchev–Trinajstić information content (AvgIpc) is 3.67. The maximum atomic E-state index is 14.2. The molecule has 3 aliphatic rings. The number of piperidine rings is 2. The topological polar surface area (TPSA) is 121 Å². The van der Waals surface area contributed by atoms with Gasteiger partial charge in [0.15, 0.2) is 17.9 Å². The van der Waals surface area contributed by atoms with Crippen LogP contribution in [0.1, 0.15) is 61.3 Å². The number of rotatable bonds is 3. The van der Waals surface area contributed by atoms with Gasteiger partial charge in [-0.3, -0.25) is 9.59 Å². The highest BCUT2D eigenvalue weighted by Crippen LogP contribution is 2.45. The average molecular weight is 642 g/mol. The van der Waals surface area contributed by atoms with Crippen molar-refractivity contribution in [3.63, 3.8) is 0 Å². The summed E-state index contributed by atoms with van der Waals surface area (Å²) < 4.78 is 45.8. The van der Waals surface area contributed by atoms with Crippen molar-refractivity contribution in [2.24, 2.45) is 0 Å². The van der Waals surface area contributed by atoms with Crippen LogP contribution in [-0.2, 0) is 4.74 Å². The van der Waals surface area contributed by atoms with E-state index in [1.807, 2.05) is 0 Å². The van der Waals surface area contributed by atoms with Crippen molar-refractivity contribution in [1.29, 1.82) is 10.5 Å². The van der Waals surface area contributed by atoms with E-state index >= 15 is 0 Å². The van der Waals surface area contributed by atoms with E-state index in [2.05, 4.69) is 6.07 Å². The highest BCUT2D eigenvalue weighted by Gasteiger charge is 2.58. The van der Waals surface area contributed by atoms with Crippen LogP contribution < -0.4 is 0 Å². The molecule has 43 heavy (non-hydrogen) atoms. The fraction of sp³-hybridized carbons (Fsp3) is 0.467. The molecule has 3 heterocycles. The van der Waals surface area contributed by atoms with E-state index in [1.165, 1.54) is 41.3 Å². The van der Waals surface area contributed by atoms with Crippen LogP contribution in [0.2, 0.25) is 10.0 Å². The van der Waals surface area contributed by atoms with Gasteiger partial charge in [0.25, 0.3) is 11.8 Å². The van der Waals surface area contributed by atoms with Gasteiger partial charge >= 0.3 is 0 Å². The maximum Gasteiger partial charge on any atom is 0.253 e. The fourth-order valence-corrected chi connectivity index (χ4v) is 5.27. The first-order chi connectivity index (χ1) is 19.4. The van der Waals surface area contributed by atoms with E-state index in [9.17, 15) is 27.9 Å². The van der Waals surface area contributed by atoms with Crippen LogP contribution >= 0.6 is 23.2 Å². The number of alkyl halides is 1. The normalized spacial score (nSPS) is 20.1. The molecule has 0 aromatic heterocycles. The number of halogens is 5. The first kappa shape index (κ1) is 35.8. The second-order valence-corrected chi connectivity index (χ2v) is 10.9. The second kappa shape index (κ2) is 14.4. The Labute approximate surface area is 259 Å². The Morgan fingerprint density at radius 2 is 1.30 bits per heavy atom. The van der Waals surface area contributed by atoms with Gasteiger partial charge in [-0.15, -0.1) is 0 Å². The summed E-state index contributed by atoms with van der Waals surface area (Å²) in [7, 11) is 0. The molecule has 1 N–H and O–H groups in total. The van der Waals surface area contributed by atoms with Crippen molar-refractivity contribution in [3.8, 4) is 12.1 Å². The summed E-state index contributed by atoms with van der Waals surface area (Å²) in [5.74, 6) is -1.71. The summed E-state index contributed by atoms with van der Waals surface area (Å²) in [6.45, 7) is 1.21. The zero-order chi connectivity index (χ0) is 29.9. The molecule has 232 valence electrons. The van der Waals surface area contributed by atoms with E-state index in [4.69, 9.17) is 38.5 Å². The number of hydrogen-bond acceptors (Lipinski definition) is 6. The molecule has 0 radical (unpaired) electrons. The number of nitrogens with zero attached hydrogens (tertiary/aromatic N) is 4. The van der Waals surface area contributed by atoms with E-state index < -0.39 is 23.4 Å². The molecule has 2 unspecified atom stereocenters. The number of ether oxygens (including phenoxy) is 1. The number of carbonyl (C=O) groups is 2. The van der Waals surface area contributed by atoms with Crippen LogP contribution in [0.3, 0.4) is 0 Å². The number of aliphatic hydroxyl groups is 1. The summed E-state index contributed by atoms with van der Waals surface area (Å²) in [4.78, 5) is 27.6. The van der Waals surface area contributed by atoms with Crippen molar-refractivity contribution in [1.82, 2.24) is 9.80 Å². The molecule has 0 saturated carbocycles. The summed E-state index contributed by atoms with van der Waals surface area (Å²) in [6, 6.07) is 11.2. The van der Waals surface area contributed by atoms with E-state index in [0.717, 1.165) is 6.07 Å². The van der Waals surface area contributed by atoms with Crippen LogP contribution in [0.25, 0.3) is 0 Å². The third-order valence-electron chi connectivity index (χ3n) is 7.61. The summed E-state index contributed by atoms with van der Waals surface area (Å²) in [5, 5.41) is 26.6. The Hall–Kier alpha value is -3.35. The Morgan fingerprint density at radius 3 is 1.65 bits per heavy atom.